The second-order valence-electron chi connectivity index (χ2n) is 6.80. The van der Waals surface area contributed by atoms with Gasteiger partial charge in [0.15, 0.2) is 18.1 Å². The van der Waals surface area contributed by atoms with Gasteiger partial charge < -0.3 is 34.6 Å². The average molecular weight is 488 g/mol. The van der Waals surface area contributed by atoms with Crippen LogP contribution in [0.1, 0.15) is 39.5 Å². The van der Waals surface area contributed by atoms with E-state index in [-0.39, 0.29) is 34.4 Å². The minimum absolute atomic E-state index is 0. The molecule has 8 nitrogen and oxygen atoms in total. The first kappa shape index (κ1) is 30.1. The topological polar surface area (TPSA) is 81.7 Å². The van der Waals surface area contributed by atoms with Crippen LogP contribution in [0.15, 0.2) is 30.3 Å². The Balaban J connectivity index is 0.00000578. The monoisotopic (exact) mass is 488 g/mol. The molecule has 3 unspecified atom stereocenters. The van der Waals surface area contributed by atoms with Crippen LogP contribution in [0.2, 0.25) is 0 Å². The molecular weight excluding hydrogens is 454 g/mol. The van der Waals surface area contributed by atoms with Crippen molar-refractivity contribution in [3.05, 3.63) is 35.9 Å². The minimum Gasteiger partial charge on any atom is -1.00 e. The van der Waals surface area contributed by atoms with Crippen molar-refractivity contribution in [2.24, 2.45) is 0 Å². The van der Waals surface area contributed by atoms with Crippen molar-refractivity contribution in [2.45, 2.75) is 40.3 Å². The first-order chi connectivity index (χ1) is 15.9. The number of methoxy groups -OCH3 is 3. The molecule has 10 heteroatoms. The van der Waals surface area contributed by atoms with Crippen molar-refractivity contribution in [1.82, 2.24) is 0 Å². The molecule has 184 valence electrons. The molecule has 0 N–H and O–H groups in total. The zero-order valence-electron chi connectivity index (χ0n) is 22.2. The Morgan fingerprint density at radius 1 is 0.824 bits per heavy atom. The van der Waals surface area contributed by atoms with Crippen LogP contribution in [-0.4, -0.2) is 52.6 Å². The van der Waals surface area contributed by atoms with Gasteiger partial charge in [0.1, 0.15) is 34.3 Å². The summed E-state index contributed by atoms with van der Waals surface area (Å²) in [5.41, 5.74) is 0.171. The van der Waals surface area contributed by atoms with E-state index in [1.54, 1.807) is 37.3 Å². The van der Waals surface area contributed by atoms with Gasteiger partial charge in [-0.15, -0.1) is 0 Å². The number of carbonyl (C=O) groups is 1. The Hall–Kier alpha value is -1.94. The molecule has 0 aliphatic rings. The molecule has 2 aromatic carbocycles. The Kier molecular flexibility index (Phi) is 13.4. The normalized spacial score (nSPS) is 12.6. The molecule has 0 spiro atoms. The van der Waals surface area contributed by atoms with Gasteiger partial charge in [0, 0.05) is 36.7 Å². The van der Waals surface area contributed by atoms with Gasteiger partial charge in [-0.3, -0.25) is 4.79 Å². The van der Waals surface area contributed by atoms with Gasteiger partial charge >= 0.3 is 18.9 Å². The quantitative estimate of drug-likeness (QED) is 0.225. The molecule has 0 aliphatic heterocycles. The van der Waals surface area contributed by atoms with E-state index < -0.39 is 12.6 Å². The van der Waals surface area contributed by atoms with Gasteiger partial charge in [0.05, 0.1) is 21.3 Å². The number of carbonyl (C=O) groups excluding carboxylic acids is 1. The van der Waals surface area contributed by atoms with Crippen LogP contribution >= 0.6 is 8.58 Å². The fourth-order valence-corrected chi connectivity index (χ4v) is 4.14. The first-order valence-corrected chi connectivity index (χ1v) is 11.7. The first-order valence-electron chi connectivity index (χ1n) is 10.7. The maximum absolute atomic E-state index is 13.4. The van der Waals surface area contributed by atoms with Crippen molar-refractivity contribution >= 4 is 19.4 Å². The van der Waals surface area contributed by atoms with Crippen LogP contribution < -0.4 is 47.8 Å². The van der Waals surface area contributed by atoms with Crippen LogP contribution in [-0.2, 0) is 9.47 Å². The third-order valence-corrected chi connectivity index (χ3v) is 5.70. The predicted molar refractivity (Wildman–Crippen MR) is 129 cm³/mol. The molecule has 0 heterocycles. The summed E-state index contributed by atoms with van der Waals surface area (Å²) in [5.74, 6) is 2.34. The van der Waals surface area contributed by atoms with Crippen molar-refractivity contribution in [2.75, 3.05) is 34.5 Å². The zero-order valence-corrected chi connectivity index (χ0v) is 22.2. The third kappa shape index (κ3) is 8.37. The Labute approximate surface area is 217 Å². The smallest absolute Gasteiger partial charge is 1.00 e. The zero-order chi connectivity index (χ0) is 24.4. The number of hydrogen-bond acceptors (Lipinski definition) is 8. The molecule has 0 fully saturated rings. The number of benzene rings is 2. The van der Waals surface area contributed by atoms with Gasteiger partial charge in [-0.2, -0.15) is 0 Å². The second-order valence-corrected chi connectivity index (χ2v) is 8.04. The summed E-state index contributed by atoms with van der Waals surface area (Å²) in [6.07, 6.45) is -0.923. The van der Waals surface area contributed by atoms with Gasteiger partial charge in [0.25, 0.3) is 0 Å². The van der Waals surface area contributed by atoms with Gasteiger partial charge in [-0.05, 0) is 48.4 Å². The Morgan fingerprint density at radius 3 is 1.85 bits per heavy atom. The summed E-state index contributed by atoms with van der Waals surface area (Å²) in [6.45, 7) is 8.42. The maximum atomic E-state index is 13.4. The minimum atomic E-state index is -0.502. The van der Waals surface area contributed by atoms with Crippen molar-refractivity contribution in [3.63, 3.8) is 0 Å². The summed E-state index contributed by atoms with van der Waals surface area (Å²) >= 11 is 0. The van der Waals surface area contributed by atoms with E-state index in [1.165, 1.54) is 21.3 Å². The fourth-order valence-electron chi connectivity index (χ4n) is 3.10. The molecule has 0 radical (unpaired) electrons. The van der Waals surface area contributed by atoms with E-state index in [4.69, 9.17) is 33.2 Å². The Bertz CT molecular complexity index is 905. The van der Waals surface area contributed by atoms with E-state index in [9.17, 15) is 4.79 Å². The van der Waals surface area contributed by atoms with E-state index >= 15 is 0 Å². The SMILES string of the molecule is CCOC(C)Oc1ccc(PC(=O)c2c(OC)cc(OC)cc2OC)c(OC(C)OCC)c1.[H-].[Li+]. The van der Waals surface area contributed by atoms with Gasteiger partial charge in [0.2, 0.25) is 0 Å². The summed E-state index contributed by atoms with van der Waals surface area (Å²) in [4.78, 5) is 13.4. The molecule has 3 atom stereocenters. The summed E-state index contributed by atoms with van der Waals surface area (Å²) in [6, 6.07) is 8.64. The summed E-state index contributed by atoms with van der Waals surface area (Å²) in [5, 5.41) is 0.697. The van der Waals surface area contributed by atoms with Crippen LogP contribution in [0.5, 0.6) is 28.7 Å². The third-order valence-electron chi connectivity index (χ3n) is 4.54. The van der Waals surface area contributed by atoms with Gasteiger partial charge in [-0.25, -0.2) is 0 Å². The predicted octanol–water partition coefficient (Wildman–Crippen LogP) is 1.50. The van der Waals surface area contributed by atoms with Crippen LogP contribution in [0.3, 0.4) is 0 Å². The summed E-state index contributed by atoms with van der Waals surface area (Å²) in [7, 11) is 4.27. The van der Waals surface area contributed by atoms with E-state index in [0.717, 1.165) is 0 Å². The molecule has 0 aromatic heterocycles. The van der Waals surface area contributed by atoms with E-state index in [2.05, 4.69) is 0 Å². The molecule has 0 aliphatic carbocycles. The van der Waals surface area contributed by atoms with E-state index in [1.807, 2.05) is 20.8 Å². The molecule has 2 rings (SSSR count). The Morgan fingerprint density at radius 2 is 1.35 bits per heavy atom. The maximum Gasteiger partial charge on any atom is 1.00 e. The van der Waals surface area contributed by atoms with Crippen LogP contribution in [0, 0.1) is 0 Å². The van der Waals surface area contributed by atoms with Crippen molar-refractivity contribution < 1.29 is 58.2 Å². The second kappa shape index (κ2) is 15.1. The molecule has 0 amide bonds. The number of hydrogen-bond donors (Lipinski definition) is 0. The molecular formula is C24H34LiO8P. The number of ether oxygens (including phenoxy) is 7. The van der Waals surface area contributed by atoms with Crippen molar-refractivity contribution in [3.8, 4) is 28.7 Å². The van der Waals surface area contributed by atoms with Crippen LogP contribution in [0.25, 0.3) is 0 Å². The molecule has 0 bridgehead atoms. The largest absolute Gasteiger partial charge is 1.00 e. The summed E-state index contributed by atoms with van der Waals surface area (Å²) < 4.78 is 38.9. The van der Waals surface area contributed by atoms with Crippen molar-refractivity contribution in [1.29, 1.82) is 0 Å². The van der Waals surface area contributed by atoms with E-state index in [0.29, 0.717) is 52.8 Å². The fraction of sp³-hybridized carbons (Fsp3) is 0.458. The molecule has 34 heavy (non-hydrogen) atoms. The number of rotatable bonds is 14. The molecule has 0 saturated carbocycles. The van der Waals surface area contributed by atoms with Crippen LogP contribution in [0.4, 0.5) is 0 Å². The van der Waals surface area contributed by atoms with Gasteiger partial charge in [-0.1, -0.05) is 0 Å². The molecule has 2 aromatic rings. The molecule has 0 saturated heterocycles. The average Bonchev–Trinajstić information content (AvgIpc) is 2.79. The standard InChI is InChI=1S/C24H33O8P.Li.H/c1-8-29-15(3)31-17-10-11-22(19(12-17)32-16(4)30-9-2)33-24(25)23-20(27-6)13-18(26-5)14-21(23)28-7;;/h10-16,33H,8-9H2,1-7H3;;/q;+1;-1.